The van der Waals surface area contributed by atoms with Crippen molar-refractivity contribution in [3.05, 3.63) is 35.9 Å². The van der Waals surface area contributed by atoms with E-state index >= 15 is 0 Å². The number of hydrogen-bond acceptors (Lipinski definition) is 3. The van der Waals surface area contributed by atoms with Gasteiger partial charge in [0.05, 0.1) is 20.3 Å². The number of ether oxygens (including phenoxy) is 2. The van der Waals surface area contributed by atoms with E-state index < -0.39 is 6.10 Å². The van der Waals surface area contributed by atoms with Gasteiger partial charge in [-0.15, -0.1) is 0 Å². The molecular formula is C14H20O3. The summed E-state index contributed by atoms with van der Waals surface area (Å²) in [6.07, 6.45) is 0.802. The van der Waals surface area contributed by atoms with Gasteiger partial charge < -0.3 is 14.6 Å². The average molecular weight is 236 g/mol. The van der Waals surface area contributed by atoms with Crippen molar-refractivity contribution in [3.63, 3.8) is 0 Å². The van der Waals surface area contributed by atoms with Gasteiger partial charge in [0.25, 0.3) is 0 Å². The topological polar surface area (TPSA) is 38.7 Å². The zero-order valence-electron chi connectivity index (χ0n) is 10.7. The van der Waals surface area contributed by atoms with Crippen LogP contribution in [0.4, 0.5) is 0 Å². The molecule has 1 unspecified atom stereocenters. The monoisotopic (exact) mass is 236 g/mol. The van der Waals surface area contributed by atoms with Gasteiger partial charge in [0.15, 0.2) is 0 Å². The molecule has 0 aliphatic rings. The molecule has 0 heterocycles. The fraction of sp³-hybridized carbons (Fsp3) is 0.429. The third-order valence-electron chi connectivity index (χ3n) is 2.78. The number of hydrogen-bond donors (Lipinski definition) is 1. The Hall–Kier alpha value is -1.48. The van der Waals surface area contributed by atoms with Crippen LogP contribution >= 0.6 is 0 Å². The van der Waals surface area contributed by atoms with Crippen molar-refractivity contribution in [1.29, 1.82) is 0 Å². The summed E-state index contributed by atoms with van der Waals surface area (Å²) in [6.45, 7) is 5.93. The molecule has 3 heteroatoms. The zero-order valence-corrected chi connectivity index (χ0v) is 10.7. The summed E-state index contributed by atoms with van der Waals surface area (Å²) in [7, 11) is 3.19. The van der Waals surface area contributed by atoms with Crippen LogP contribution in [0.25, 0.3) is 0 Å². The predicted octanol–water partition coefficient (Wildman–Crippen LogP) is 3.09. The summed E-state index contributed by atoms with van der Waals surface area (Å²) in [4.78, 5) is 0. The lowest BCUT2D eigenvalue weighted by atomic mass is 10.00. The van der Waals surface area contributed by atoms with E-state index in [0.29, 0.717) is 17.9 Å². The lowest BCUT2D eigenvalue weighted by Crippen LogP contribution is -2.02. The maximum atomic E-state index is 10.2. The van der Waals surface area contributed by atoms with Crippen molar-refractivity contribution in [3.8, 4) is 11.5 Å². The van der Waals surface area contributed by atoms with Gasteiger partial charge in [0.2, 0.25) is 0 Å². The number of aliphatic hydroxyl groups excluding tert-OH is 1. The second kappa shape index (κ2) is 6.30. The third kappa shape index (κ3) is 3.49. The minimum Gasteiger partial charge on any atom is -0.497 e. The highest BCUT2D eigenvalue weighted by molar-refractivity contribution is 5.42. The molecule has 17 heavy (non-hydrogen) atoms. The summed E-state index contributed by atoms with van der Waals surface area (Å²) >= 11 is 0. The molecule has 1 aromatic rings. The normalized spacial score (nSPS) is 12.0. The van der Waals surface area contributed by atoms with Crippen LogP contribution in [0, 0.1) is 0 Å². The fourth-order valence-electron chi connectivity index (χ4n) is 1.63. The molecule has 0 saturated carbocycles. The number of benzene rings is 1. The predicted molar refractivity (Wildman–Crippen MR) is 68.6 cm³/mol. The van der Waals surface area contributed by atoms with E-state index in [4.69, 9.17) is 9.47 Å². The molecule has 1 aromatic carbocycles. The quantitative estimate of drug-likeness (QED) is 0.771. The van der Waals surface area contributed by atoms with E-state index in [1.54, 1.807) is 26.4 Å². The van der Waals surface area contributed by atoms with Crippen molar-refractivity contribution in [2.45, 2.75) is 25.9 Å². The van der Waals surface area contributed by atoms with Crippen molar-refractivity contribution in [2.24, 2.45) is 0 Å². The van der Waals surface area contributed by atoms with Crippen LogP contribution in [0.3, 0.4) is 0 Å². The van der Waals surface area contributed by atoms with Gasteiger partial charge >= 0.3 is 0 Å². The number of methoxy groups -OCH3 is 2. The Balaban J connectivity index is 2.96. The van der Waals surface area contributed by atoms with Crippen LogP contribution in [-0.4, -0.2) is 19.3 Å². The highest BCUT2D eigenvalue weighted by atomic mass is 16.5. The molecular weight excluding hydrogens is 216 g/mol. The second-order valence-electron chi connectivity index (χ2n) is 3.93. The molecule has 94 valence electrons. The molecule has 0 fully saturated rings. The first kappa shape index (κ1) is 13.6. The average Bonchev–Trinajstić information content (AvgIpc) is 2.37. The second-order valence-corrected chi connectivity index (χ2v) is 3.93. The van der Waals surface area contributed by atoms with Crippen LogP contribution in [0.5, 0.6) is 11.5 Å². The minimum atomic E-state index is -0.604. The molecule has 0 aromatic heterocycles. The number of aliphatic hydroxyl groups is 1. The van der Waals surface area contributed by atoms with Gasteiger partial charge in [-0.2, -0.15) is 0 Å². The molecule has 0 amide bonds. The first-order valence-electron chi connectivity index (χ1n) is 5.69. The Kier molecular flexibility index (Phi) is 5.04. The SMILES string of the molecule is C=C(CC)CC(O)c1cc(OC)ccc1OC. The molecule has 3 nitrogen and oxygen atoms in total. The first-order chi connectivity index (χ1) is 8.12. The van der Waals surface area contributed by atoms with E-state index in [1.165, 1.54) is 0 Å². The van der Waals surface area contributed by atoms with Crippen molar-refractivity contribution in [2.75, 3.05) is 14.2 Å². The van der Waals surface area contributed by atoms with E-state index in [2.05, 4.69) is 6.58 Å². The van der Waals surface area contributed by atoms with E-state index in [1.807, 2.05) is 13.0 Å². The lowest BCUT2D eigenvalue weighted by Gasteiger charge is -2.16. The maximum absolute atomic E-state index is 10.2. The smallest absolute Gasteiger partial charge is 0.124 e. The van der Waals surface area contributed by atoms with Gasteiger partial charge in [-0.1, -0.05) is 19.1 Å². The van der Waals surface area contributed by atoms with Gasteiger partial charge in [0, 0.05) is 5.56 Å². The summed E-state index contributed by atoms with van der Waals surface area (Å²) < 4.78 is 10.4. The fourth-order valence-corrected chi connectivity index (χ4v) is 1.63. The van der Waals surface area contributed by atoms with Gasteiger partial charge in [0.1, 0.15) is 11.5 Å². The molecule has 1 rings (SSSR count). The van der Waals surface area contributed by atoms with Crippen LogP contribution in [-0.2, 0) is 0 Å². The zero-order chi connectivity index (χ0) is 12.8. The van der Waals surface area contributed by atoms with Gasteiger partial charge in [-0.25, -0.2) is 0 Å². The molecule has 0 saturated heterocycles. The Morgan fingerprint density at radius 3 is 2.59 bits per heavy atom. The van der Waals surface area contributed by atoms with E-state index in [-0.39, 0.29) is 0 Å². The molecule has 1 N–H and O–H groups in total. The molecule has 0 bridgehead atoms. The van der Waals surface area contributed by atoms with Gasteiger partial charge in [-0.05, 0) is 31.0 Å². The molecule has 1 atom stereocenters. The van der Waals surface area contributed by atoms with Gasteiger partial charge in [-0.3, -0.25) is 0 Å². The summed E-state index contributed by atoms with van der Waals surface area (Å²) in [5.41, 5.74) is 1.75. The summed E-state index contributed by atoms with van der Waals surface area (Å²) in [6, 6.07) is 5.40. The largest absolute Gasteiger partial charge is 0.497 e. The van der Waals surface area contributed by atoms with E-state index in [0.717, 1.165) is 17.6 Å². The highest BCUT2D eigenvalue weighted by Crippen LogP contribution is 2.32. The van der Waals surface area contributed by atoms with Crippen LogP contribution in [0.2, 0.25) is 0 Å². The molecule has 0 aliphatic heterocycles. The van der Waals surface area contributed by atoms with Crippen LogP contribution in [0.1, 0.15) is 31.4 Å². The number of rotatable bonds is 6. The molecule has 0 radical (unpaired) electrons. The summed E-state index contributed by atoms with van der Waals surface area (Å²) in [5.74, 6) is 1.38. The van der Waals surface area contributed by atoms with E-state index in [9.17, 15) is 5.11 Å². The van der Waals surface area contributed by atoms with Crippen LogP contribution in [0.15, 0.2) is 30.4 Å². The highest BCUT2D eigenvalue weighted by Gasteiger charge is 2.15. The Morgan fingerprint density at radius 2 is 2.06 bits per heavy atom. The first-order valence-corrected chi connectivity index (χ1v) is 5.69. The van der Waals surface area contributed by atoms with Crippen molar-refractivity contribution >= 4 is 0 Å². The standard InChI is InChI=1S/C14H20O3/c1-5-10(2)8-13(15)12-9-11(16-3)6-7-14(12)17-4/h6-7,9,13,15H,2,5,8H2,1,3-4H3. The van der Waals surface area contributed by atoms with Crippen molar-refractivity contribution in [1.82, 2.24) is 0 Å². The minimum absolute atomic E-state index is 0.542. The lowest BCUT2D eigenvalue weighted by molar-refractivity contribution is 0.172. The Bertz CT molecular complexity index is 385. The molecule has 0 aliphatic carbocycles. The Labute approximate surface area is 103 Å². The maximum Gasteiger partial charge on any atom is 0.124 e. The van der Waals surface area contributed by atoms with Crippen molar-refractivity contribution < 1.29 is 14.6 Å². The van der Waals surface area contributed by atoms with Crippen LogP contribution < -0.4 is 9.47 Å². The third-order valence-corrected chi connectivity index (χ3v) is 2.78. The Morgan fingerprint density at radius 1 is 1.35 bits per heavy atom. The summed E-state index contributed by atoms with van der Waals surface area (Å²) in [5, 5.41) is 10.2. The molecule has 0 spiro atoms.